The Hall–Kier alpha value is -2.51. The van der Waals surface area contributed by atoms with Gasteiger partial charge in [-0.25, -0.2) is 8.78 Å². The SMILES string of the molecule is CCc1nnc(CNC(=O)c2cc(F)c(OC)c(F)c2)o1. The molecular weight excluding hydrogens is 284 g/mol. The first-order valence-electron chi connectivity index (χ1n) is 6.17. The zero-order chi connectivity index (χ0) is 15.4. The molecule has 0 spiro atoms. The number of rotatable bonds is 5. The molecule has 0 saturated carbocycles. The molecule has 1 heterocycles. The molecule has 2 aromatic rings. The van der Waals surface area contributed by atoms with Gasteiger partial charge >= 0.3 is 0 Å². The standard InChI is InChI=1S/C13H13F2N3O3/c1-3-10-17-18-11(21-10)6-16-13(19)7-4-8(14)12(20-2)9(15)5-7/h4-5H,3,6H2,1-2H3,(H,16,19). The van der Waals surface area contributed by atoms with Gasteiger partial charge in [-0.15, -0.1) is 10.2 Å². The van der Waals surface area contributed by atoms with Gasteiger partial charge in [0.05, 0.1) is 13.7 Å². The number of hydrogen-bond acceptors (Lipinski definition) is 5. The van der Waals surface area contributed by atoms with Crippen LogP contribution in [0.4, 0.5) is 8.78 Å². The smallest absolute Gasteiger partial charge is 0.251 e. The van der Waals surface area contributed by atoms with Gasteiger partial charge in [-0.1, -0.05) is 6.92 Å². The number of nitrogens with one attached hydrogen (secondary N) is 1. The third-order valence-corrected chi connectivity index (χ3v) is 2.68. The van der Waals surface area contributed by atoms with Gasteiger partial charge in [-0.3, -0.25) is 4.79 Å². The lowest BCUT2D eigenvalue weighted by molar-refractivity contribution is 0.0946. The molecule has 6 nitrogen and oxygen atoms in total. The van der Waals surface area contributed by atoms with Gasteiger partial charge in [0.2, 0.25) is 11.8 Å². The summed E-state index contributed by atoms with van der Waals surface area (Å²) in [5.74, 6) is -2.43. The highest BCUT2D eigenvalue weighted by Crippen LogP contribution is 2.22. The van der Waals surface area contributed by atoms with E-state index in [9.17, 15) is 13.6 Å². The predicted octanol–water partition coefficient (Wildman–Crippen LogP) is 1.85. The quantitative estimate of drug-likeness (QED) is 0.911. The van der Waals surface area contributed by atoms with Crippen molar-refractivity contribution in [2.24, 2.45) is 0 Å². The van der Waals surface area contributed by atoms with Gasteiger partial charge in [0.25, 0.3) is 5.91 Å². The molecule has 21 heavy (non-hydrogen) atoms. The number of carbonyl (C=O) groups excluding carboxylic acids is 1. The zero-order valence-electron chi connectivity index (χ0n) is 11.4. The van der Waals surface area contributed by atoms with Crippen molar-refractivity contribution in [3.8, 4) is 5.75 Å². The fraction of sp³-hybridized carbons (Fsp3) is 0.308. The Labute approximate surface area is 119 Å². The third-order valence-electron chi connectivity index (χ3n) is 2.68. The van der Waals surface area contributed by atoms with Crippen molar-refractivity contribution < 1.29 is 22.7 Å². The van der Waals surface area contributed by atoms with Crippen molar-refractivity contribution in [3.63, 3.8) is 0 Å². The maximum atomic E-state index is 13.5. The molecule has 0 unspecified atom stereocenters. The van der Waals surface area contributed by atoms with Crippen LogP contribution in [0.25, 0.3) is 0 Å². The highest BCUT2D eigenvalue weighted by molar-refractivity contribution is 5.94. The van der Waals surface area contributed by atoms with Crippen molar-refractivity contribution in [1.29, 1.82) is 0 Å². The van der Waals surface area contributed by atoms with E-state index >= 15 is 0 Å². The van der Waals surface area contributed by atoms with Crippen molar-refractivity contribution in [2.45, 2.75) is 19.9 Å². The maximum absolute atomic E-state index is 13.5. The Kier molecular flexibility index (Phi) is 4.46. The Morgan fingerprint density at radius 3 is 2.43 bits per heavy atom. The van der Waals surface area contributed by atoms with E-state index in [1.165, 1.54) is 0 Å². The number of aromatic nitrogens is 2. The van der Waals surface area contributed by atoms with E-state index in [-0.39, 0.29) is 18.0 Å². The monoisotopic (exact) mass is 297 g/mol. The summed E-state index contributed by atoms with van der Waals surface area (Å²) in [4.78, 5) is 11.8. The van der Waals surface area contributed by atoms with Crippen LogP contribution < -0.4 is 10.1 Å². The van der Waals surface area contributed by atoms with Crippen LogP contribution in [-0.2, 0) is 13.0 Å². The second-order valence-electron chi connectivity index (χ2n) is 4.10. The Morgan fingerprint density at radius 1 is 1.29 bits per heavy atom. The van der Waals surface area contributed by atoms with Crippen LogP contribution in [0.5, 0.6) is 5.75 Å². The Balaban J connectivity index is 2.06. The molecule has 1 amide bonds. The molecule has 0 radical (unpaired) electrons. The van der Waals surface area contributed by atoms with Crippen LogP contribution in [-0.4, -0.2) is 23.2 Å². The number of carbonyl (C=O) groups is 1. The van der Waals surface area contributed by atoms with Crippen LogP contribution in [0.15, 0.2) is 16.5 Å². The Morgan fingerprint density at radius 2 is 1.90 bits per heavy atom. The third kappa shape index (κ3) is 3.33. The summed E-state index contributed by atoms with van der Waals surface area (Å²) in [5.41, 5.74) is -0.166. The summed E-state index contributed by atoms with van der Waals surface area (Å²) in [6, 6.07) is 1.78. The van der Waals surface area contributed by atoms with Gasteiger partial charge in [-0.05, 0) is 12.1 Å². The second kappa shape index (κ2) is 6.29. The van der Waals surface area contributed by atoms with E-state index in [4.69, 9.17) is 4.42 Å². The number of hydrogen-bond donors (Lipinski definition) is 1. The minimum atomic E-state index is -0.950. The van der Waals surface area contributed by atoms with Crippen LogP contribution >= 0.6 is 0 Å². The van der Waals surface area contributed by atoms with Crippen molar-refractivity contribution in [2.75, 3.05) is 7.11 Å². The normalized spacial score (nSPS) is 10.5. The average Bonchev–Trinajstić information content (AvgIpc) is 2.92. The fourth-order valence-corrected chi connectivity index (χ4v) is 1.65. The lowest BCUT2D eigenvalue weighted by Crippen LogP contribution is -2.23. The molecule has 0 aliphatic heterocycles. The van der Waals surface area contributed by atoms with E-state index in [2.05, 4.69) is 20.3 Å². The highest BCUT2D eigenvalue weighted by atomic mass is 19.1. The van der Waals surface area contributed by atoms with Gasteiger partial charge in [0.15, 0.2) is 17.4 Å². The number of amides is 1. The summed E-state index contributed by atoms with van der Waals surface area (Å²) >= 11 is 0. The maximum Gasteiger partial charge on any atom is 0.251 e. The van der Waals surface area contributed by atoms with Crippen LogP contribution in [0.3, 0.4) is 0 Å². The van der Waals surface area contributed by atoms with Gasteiger partial charge < -0.3 is 14.5 Å². The molecule has 0 atom stereocenters. The van der Waals surface area contributed by atoms with E-state index < -0.39 is 23.3 Å². The summed E-state index contributed by atoms with van der Waals surface area (Å²) in [7, 11) is 1.14. The topological polar surface area (TPSA) is 77.2 Å². The molecule has 0 bridgehead atoms. The molecule has 0 saturated heterocycles. The molecule has 1 aromatic carbocycles. The minimum absolute atomic E-state index is 0.0267. The lowest BCUT2D eigenvalue weighted by Gasteiger charge is -2.07. The van der Waals surface area contributed by atoms with E-state index in [1.54, 1.807) is 0 Å². The summed E-state index contributed by atoms with van der Waals surface area (Å²) in [6.07, 6.45) is 0.579. The van der Waals surface area contributed by atoms with E-state index in [1.807, 2.05) is 6.92 Å². The summed E-state index contributed by atoms with van der Waals surface area (Å²) < 4.78 is 36.7. The van der Waals surface area contributed by atoms with E-state index in [0.717, 1.165) is 19.2 Å². The van der Waals surface area contributed by atoms with Crippen molar-refractivity contribution in [3.05, 3.63) is 41.1 Å². The number of methoxy groups -OCH3 is 1. The largest absolute Gasteiger partial charge is 0.491 e. The summed E-state index contributed by atoms with van der Waals surface area (Å²) in [6.45, 7) is 1.82. The van der Waals surface area contributed by atoms with Gasteiger partial charge in [0, 0.05) is 12.0 Å². The van der Waals surface area contributed by atoms with Crippen LogP contribution in [0, 0.1) is 11.6 Å². The average molecular weight is 297 g/mol. The first-order chi connectivity index (χ1) is 10.0. The second-order valence-corrected chi connectivity index (χ2v) is 4.10. The first-order valence-corrected chi connectivity index (χ1v) is 6.17. The fourth-order valence-electron chi connectivity index (χ4n) is 1.65. The molecule has 1 aromatic heterocycles. The Bertz CT molecular complexity index is 635. The van der Waals surface area contributed by atoms with Crippen molar-refractivity contribution >= 4 is 5.91 Å². The molecule has 2 rings (SSSR count). The number of benzene rings is 1. The highest BCUT2D eigenvalue weighted by Gasteiger charge is 2.16. The number of halogens is 2. The molecule has 8 heteroatoms. The molecule has 0 fully saturated rings. The molecular formula is C13H13F2N3O3. The number of ether oxygens (including phenoxy) is 1. The first kappa shape index (κ1) is 14.9. The lowest BCUT2D eigenvalue weighted by atomic mass is 10.2. The molecule has 1 N–H and O–H groups in total. The molecule has 0 aliphatic rings. The van der Waals surface area contributed by atoms with Gasteiger partial charge in [-0.2, -0.15) is 0 Å². The number of aryl methyl sites for hydroxylation is 1. The van der Waals surface area contributed by atoms with Crippen LogP contribution in [0.1, 0.15) is 29.1 Å². The van der Waals surface area contributed by atoms with E-state index in [0.29, 0.717) is 12.3 Å². The molecule has 112 valence electrons. The summed E-state index contributed by atoms with van der Waals surface area (Å²) in [5, 5.41) is 9.88. The zero-order valence-corrected chi connectivity index (χ0v) is 11.4. The van der Waals surface area contributed by atoms with Crippen LogP contribution in [0.2, 0.25) is 0 Å². The minimum Gasteiger partial charge on any atom is -0.491 e. The van der Waals surface area contributed by atoms with Gasteiger partial charge in [0.1, 0.15) is 0 Å². The van der Waals surface area contributed by atoms with Crippen molar-refractivity contribution in [1.82, 2.24) is 15.5 Å². The number of nitrogens with zero attached hydrogens (tertiary/aromatic N) is 2. The predicted molar refractivity (Wildman–Crippen MR) is 67.8 cm³/mol. The molecule has 0 aliphatic carbocycles.